The van der Waals surface area contributed by atoms with Crippen molar-refractivity contribution in [2.24, 2.45) is 0 Å². The van der Waals surface area contributed by atoms with Crippen molar-refractivity contribution >= 4 is 45.3 Å². The monoisotopic (exact) mass is 384 g/mol. The second-order valence-corrected chi connectivity index (χ2v) is 11.8. The molecule has 0 radical (unpaired) electrons. The van der Waals surface area contributed by atoms with E-state index in [-0.39, 0.29) is 5.78 Å². The van der Waals surface area contributed by atoms with E-state index in [0.717, 1.165) is 4.88 Å². The van der Waals surface area contributed by atoms with Crippen molar-refractivity contribution < 1.29 is 4.79 Å². The van der Waals surface area contributed by atoms with Gasteiger partial charge >= 0.3 is 0 Å². The standard InChI is InChI=1S/C24H20OSSi/c1-19(25)23-17-18-24(26-23)27(20-11-5-2-6-12-20,21-13-7-3-8-14-21)22-15-9-4-10-16-22/h2-18H,1H3. The van der Waals surface area contributed by atoms with Crippen LogP contribution >= 0.6 is 11.3 Å². The molecule has 0 saturated heterocycles. The summed E-state index contributed by atoms with van der Waals surface area (Å²) in [5.74, 6) is 0.128. The molecule has 3 heteroatoms. The molecule has 0 amide bonds. The minimum atomic E-state index is -2.46. The summed E-state index contributed by atoms with van der Waals surface area (Å²) in [7, 11) is -2.46. The summed E-state index contributed by atoms with van der Waals surface area (Å²) in [6, 6.07) is 36.4. The molecule has 0 aliphatic heterocycles. The van der Waals surface area contributed by atoms with Gasteiger partial charge in [-0.2, -0.15) is 0 Å². The summed E-state index contributed by atoms with van der Waals surface area (Å²) < 4.78 is 1.29. The highest BCUT2D eigenvalue weighted by Crippen LogP contribution is 2.16. The van der Waals surface area contributed by atoms with E-state index in [1.807, 2.05) is 6.07 Å². The van der Waals surface area contributed by atoms with Gasteiger partial charge in [0.1, 0.15) is 0 Å². The van der Waals surface area contributed by atoms with Crippen LogP contribution in [0.4, 0.5) is 0 Å². The molecule has 0 saturated carbocycles. The molecule has 4 aromatic rings. The number of carbonyl (C=O) groups is 1. The Kier molecular flexibility index (Phi) is 4.88. The van der Waals surface area contributed by atoms with E-state index in [0.29, 0.717) is 0 Å². The van der Waals surface area contributed by atoms with Crippen molar-refractivity contribution in [2.75, 3.05) is 0 Å². The van der Waals surface area contributed by atoms with Crippen LogP contribution in [-0.2, 0) is 0 Å². The van der Waals surface area contributed by atoms with Crippen LogP contribution in [0.15, 0.2) is 103 Å². The number of Topliss-reactive ketones (excluding diaryl/α,β-unsaturated/α-hetero) is 1. The van der Waals surface area contributed by atoms with Crippen molar-refractivity contribution in [1.29, 1.82) is 0 Å². The number of thiophene rings is 1. The maximum Gasteiger partial charge on any atom is 0.191 e. The van der Waals surface area contributed by atoms with E-state index in [1.165, 1.54) is 20.1 Å². The van der Waals surface area contributed by atoms with Crippen LogP contribution in [0.5, 0.6) is 0 Å². The van der Waals surface area contributed by atoms with Crippen LogP contribution in [0.3, 0.4) is 0 Å². The van der Waals surface area contributed by atoms with Crippen LogP contribution in [-0.4, -0.2) is 13.9 Å². The van der Waals surface area contributed by atoms with Gasteiger partial charge in [-0.05, 0) is 28.6 Å². The molecule has 3 aromatic carbocycles. The Labute approximate surface area is 165 Å². The largest absolute Gasteiger partial charge is 0.294 e. The highest BCUT2D eigenvalue weighted by molar-refractivity contribution is 7.37. The Morgan fingerprint density at radius 2 is 1.04 bits per heavy atom. The number of benzene rings is 3. The van der Waals surface area contributed by atoms with Gasteiger partial charge in [0.15, 0.2) is 13.9 Å². The third-order valence-corrected chi connectivity index (χ3v) is 11.7. The number of hydrogen-bond donors (Lipinski definition) is 0. The third-order valence-electron chi connectivity index (χ3n) is 4.94. The van der Waals surface area contributed by atoms with E-state index in [9.17, 15) is 4.79 Å². The average Bonchev–Trinajstić information content (AvgIpc) is 3.22. The van der Waals surface area contributed by atoms with Gasteiger partial charge in [-0.25, -0.2) is 0 Å². The molecule has 1 aromatic heterocycles. The normalized spacial score (nSPS) is 11.3. The molecule has 0 aliphatic rings. The van der Waals surface area contributed by atoms with Crippen molar-refractivity contribution in [1.82, 2.24) is 0 Å². The fourth-order valence-electron chi connectivity index (χ4n) is 3.72. The minimum Gasteiger partial charge on any atom is -0.294 e. The minimum absolute atomic E-state index is 0.128. The molecule has 0 spiro atoms. The van der Waals surface area contributed by atoms with Crippen molar-refractivity contribution in [3.05, 3.63) is 108 Å². The first kappa shape index (κ1) is 17.7. The maximum absolute atomic E-state index is 12.0. The Morgan fingerprint density at radius 3 is 1.37 bits per heavy atom. The van der Waals surface area contributed by atoms with Gasteiger partial charge in [-0.15, -0.1) is 11.3 Å². The van der Waals surface area contributed by atoms with E-state index in [1.54, 1.807) is 18.3 Å². The Morgan fingerprint density at radius 1 is 0.630 bits per heavy atom. The molecule has 0 aliphatic carbocycles. The number of rotatable bonds is 5. The first-order valence-corrected chi connectivity index (χ1v) is 11.8. The summed E-state index contributed by atoms with van der Waals surface area (Å²) in [4.78, 5) is 12.8. The molecule has 4 rings (SSSR count). The van der Waals surface area contributed by atoms with Gasteiger partial charge in [0.2, 0.25) is 0 Å². The van der Waals surface area contributed by atoms with Gasteiger partial charge in [0.05, 0.1) is 4.88 Å². The van der Waals surface area contributed by atoms with E-state index < -0.39 is 8.07 Å². The highest BCUT2D eigenvalue weighted by atomic mass is 32.1. The Bertz CT molecular complexity index is 943. The lowest BCUT2D eigenvalue weighted by Crippen LogP contribution is -2.74. The lowest BCUT2D eigenvalue weighted by atomic mass is 10.3. The zero-order valence-electron chi connectivity index (χ0n) is 15.1. The average molecular weight is 385 g/mol. The summed E-state index contributed by atoms with van der Waals surface area (Å²) in [6.07, 6.45) is 0. The third kappa shape index (κ3) is 3.09. The van der Waals surface area contributed by atoms with E-state index >= 15 is 0 Å². The topological polar surface area (TPSA) is 17.1 Å². The van der Waals surface area contributed by atoms with Gasteiger partial charge in [-0.3, -0.25) is 4.79 Å². The molecule has 0 atom stereocenters. The molecular weight excluding hydrogens is 364 g/mol. The zero-order valence-corrected chi connectivity index (χ0v) is 16.9. The van der Waals surface area contributed by atoms with Gasteiger partial charge in [0, 0.05) is 4.50 Å². The molecule has 1 nitrogen and oxygen atoms in total. The predicted molar refractivity (Wildman–Crippen MR) is 118 cm³/mol. The second-order valence-electron chi connectivity index (χ2n) is 6.57. The summed E-state index contributed by atoms with van der Waals surface area (Å²) in [5, 5.41) is 4.00. The fourth-order valence-corrected chi connectivity index (χ4v) is 10.6. The van der Waals surface area contributed by atoms with E-state index in [2.05, 4.69) is 97.1 Å². The quantitative estimate of drug-likeness (QED) is 0.293. The Hall–Kier alpha value is -2.75. The summed E-state index contributed by atoms with van der Waals surface area (Å²) >= 11 is 1.64. The molecule has 0 bridgehead atoms. The van der Waals surface area contributed by atoms with E-state index in [4.69, 9.17) is 0 Å². The Balaban J connectivity index is 2.10. The van der Waals surface area contributed by atoms with Gasteiger partial charge in [0.25, 0.3) is 0 Å². The number of hydrogen-bond acceptors (Lipinski definition) is 2. The molecule has 0 fully saturated rings. The summed E-state index contributed by atoms with van der Waals surface area (Å²) in [5.41, 5.74) is 0. The van der Waals surface area contributed by atoms with Gasteiger partial charge in [-0.1, -0.05) is 97.1 Å². The smallest absolute Gasteiger partial charge is 0.191 e. The van der Waals surface area contributed by atoms with Crippen molar-refractivity contribution in [2.45, 2.75) is 6.92 Å². The SMILES string of the molecule is CC(=O)c1ccc([Si](c2ccccc2)(c2ccccc2)c2ccccc2)s1. The maximum atomic E-state index is 12.0. The molecule has 1 heterocycles. The molecule has 27 heavy (non-hydrogen) atoms. The molecule has 132 valence electrons. The molecule has 0 N–H and O–H groups in total. The molecular formula is C24H20OSSi. The van der Waals surface area contributed by atoms with Crippen molar-refractivity contribution in [3.8, 4) is 0 Å². The second kappa shape index (κ2) is 7.47. The molecule has 0 unspecified atom stereocenters. The summed E-state index contributed by atoms with van der Waals surface area (Å²) in [6.45, 7) is 1.65. The van der Waals surface area contributed by atoms with Crippen LogP contribution in [0.1, 0.15) is 16.6 Å². The van der Waals surface area contributed by atoms with Gasteiger partial charge < -0.3 is 0 Å². The van der Waals surface area contributed by atoms with Crippen LogP contribution in [0.2, 0.25) is 0 Å². The van der Waals surface area contributed by atoms with Crippen LogP contribution < -0.4 is 20.1 Å². The number of ketones is 1. The number of carbonyl (C=O) groups excluding carboxylic acids is 1. The highest BCUT2D eigenvalue weighted by Gasteiger charge is 2.42. The fraction of sp³-hybridized carbons (Fsp3) is 0.0417. The first-order valence-electron chi connectivity index (χ1n) is 9.01. The van der Waals surface area contributed by atoms with Crippen LogP contribution in [0.25, 0.3) is 0 Å². The zero-order chi connectivity index (χ0) is 18.7. The first-order chi connectivity index (χ1) is 13.2. The predicted octanol–water partition coefficient (Wildman–Crippen LogP) is 3.33. The lowest BCUT2D eigenvalue weighted by molar-refractivity contribution is 0.102. The van der Waals surface area contributed by atoms with Crippen LogP contribution in [0, 0.1) is 0 Å². The van der Waals surface area contributed by atoms with Crippen molar-refractivity contribution in [3.63, 3.8) is 0 Å². The lowest BCUT2D eigenvalue weighted by Gasteiger charge is -2.32.